The van der Waals surface area contributed by atoms with Crippen molar-refractivity contribution in [3.63, 3.8) is 0 Å². The molecule has 0 spiro atoms. The van der Waals surface area contributed by atoms with Gasteiger partial charge in [-0.25, -0.2) is 0 Å². The number of alkyl halides is 3. The second kappa shape index (κ2) is 7.32. The molecule has 10 heteroatoms. The van der Waals surface area contributed by atoms with Crippen molar-refractivity contribution in [3.8, 4) is 5.75 Å². The van der Waals surface area contributed by atoms with Crippen LogP contribution in [0.2, 0.25) is 0 Å². The zero-order valence-corrected chi connectivity index (χ0v) is 13.8. The number of rotatable bonds is 4. The zero-order valence-electron chi connectivity index (χ0n) is 13.8. The summed E-state index contributed by atoms with van der Waals surface area (Å²) >= 11 is 0. The van der Waals surface area contributed by atoms with E-state index in [0.717, 1.165) is 5.56 Å². The Hall–Kier alpha value is -2.91. The fourth-order valence-corrected chi connectivity index (χ4v) is 2.11. The molecule has 0 unspecified atom stereocenters. The predicted molar refractivity (Wildman–Crippen MR) is 90.5 cm³/mol. The Morgan fingerprint density at radius 2 is 2.00 bits per heavy atom. The number of benzene rings is 1. The van der Waals surface area contributed by atoms with Crippen molar-refractivity contribution in [2.45, 2.75) is 12.8 Å². The molecule has 0 aliphatic heterocycles. The van der Waals surface area contributed by atoms with Crippen molar-refractivity contribution in [1.29, 1.82) is 0 Å². The zero-order chi connectivity index (χ0) is 18.6. The highest BCUT2D eigenvalue weighted by molar-refractivity contribution is 5.93. The van der Waals surface area contributed by atoms with Crippen LogP contribution in [0, 0.1) is 0 Å². The van der Waals surface area contributed by atoms with Crippen molar-refractivity contribution in [2.75, 3.05) is 20.6 Å². The molecule has 0 atom stereocenters. The third kappa shape index (κ3) is 5.30. The van der Waals surface area contributed by atoms with Gasteiger partial charge in [-0.3, -0.25) is 4.99 Å². The molecule has 1 heterocycles. The molecule has 1 aromatic carbocycles. The van der Waals surface area contributed by atoms with Crippen LogP contribution >= 0.6 is 0 Å². The van der Waals surface area contributed by atoms with E-state index in [1.807, 2.05) is 0 Å². The SMILES string of the molecule is CN(C)C(N)=NC(N)=NCCc1c[nH]c2ccc(OC(F)(F)F)cc12. The quantitative estimate of drug-likeness (QED) is 0.574. The van der Waals surface area contributed by atoms with Gasteiger partial charge in [0.2, 0.25) is 5.96 Å². The van der Waals surface area contributed by atoms with Gasteiger partial charge >= 0.3 is 6.36 Å². The van der Waals surface area contributed by atoms with E-state index >= 15 is 0 Å². The van der Waals surface area contributed by atoms with Crippen LogP contribution in [-0.4, -0.2) is 48.8 Å². The van der Waals surface area contributed by atoms with Gasteiger partial charge in [0.25, 0.3) is 0 Å². The topological polar surface area (TPSA) is 105 Å². The fourth-order valence-electron chi connectivity index (χ4n) is 2.11. The standard InChI is InChI=1S/C15H19F3N6O/c1-24(2)14(20)23-13(19)21-6-5-9-8-22-12-4-3-10(7-11(9)12)25-15(16,17)18/h3-4,7-8,22H,5-6H2,1-2H3,(H4,19,20,21,23). The molecular weight excluding hydrogens is 337 g/mol. The molecule has 1 aromatic heterocycles. The number of aromatic amines is 1. The van der Waals surface area contributed by atoms with E-state index in [1.165, 1.54) is 18.2 Å². The number of nitrogens with two attached hydrogens (primary N) is 2. The van der Waals surface area contributed by atoms with Gasteiger partial charge in [-0.1, -0.05) is 0 Å². The highest BCUT2D eigenvalue weighted by atomic mass is 19.4. The summed E-state index contributed by atoms with van der Waals surface area (Å²) in [6, 6.07) is 4.12. The van der Waals surface area contributed by atoms with Crippen LogP contribution in [-0.2, 0) is 6.42 Å². The number of nitrogens with one attached hydrogen (secondary N) is 1. The Bertz CT molecular complexity index is 794. The number of halogens is 3. The van der Waals surface area contributed by atoms with Gasteiger partial charge in [0.05, 0.1) is 0 Å². The summed E-state index contributed by atoms with van der Waals surface area (Å²) in [5.74, 6) is -0.0124. The van der Waals surface area contributed by atoms with Gasteiger partial charge in [0.1, 0.15) is 5.75 Å². The molecule has 0 aliphatic rings. The van der Waals surface area contributed by atoms with E-state index in [0.29, 0.717) is 23.9 Å². The van der Waals surface area contributed by atoms with Gasteiger partial charge in [-0.2, -0.15) is 4.99 Å². The lowest BCUT2D eigenvalue weighted by molar-refractivity contribution is -0.274. The van der Waals surface area contributed by atoms with Crippen molar-refractivity contribution in [1.82, 2.24) is 9.88 Å². The molecular formula is C15H19F3N6O. The van der Waals surface area contributed by atoms with Crippen LogP contribution in [0.1, 0.15) is 5.56 Å². The van der Waals surface area contributed by atoms with Crippen LogP contribution in [0.25, 0.3) is 10.9 Å². The highest BCUT2D eigenvalue weighted by Gasteiger charge is 2.31. The lowest BCUT2D eigenvalue weighted by atomic mass is 10.1. The van der Waals surface area contributed by atoms with Gasteiger partial charge in [-0.05, 0) is 30.2 Å². The van der Waals surface area contributed by atoms with E-state index in [-0.39, 0.29) is 17.7 Å². The maximum Gasteiger partial charge on any atom is 0.573 e. The summed E-state index contributed by atoms with van der Waals surface area (Å²) in [5, 5.41) is 0.631. The summed E-state index contributed by atoms with van der Waals surface area (Å²) < 4.78 is 40.9. The minimum Gasteiger partial charge on any atom is -0.406 e. The molecule has 2 aromatic rings. The maximum absolute atomic E-state index is 12.3. The van der Waals surface area contributed by atoms with Crippen molar-refractivity contribution in [3.05, 3.63) is 30.0 Å². The van der Waals surface area contributed by atoms with Crippen molar-refractivity contribution < 1.29 is 17.9 Å². The molecule has 2 rings (SSSR count). The second-order valence-corrected chi connectivity index (χ2v) is 5.42. The number of nitrogens with zero attached hydrogens (tertiary/aromatic N) is 3. The average Bonchev–Trinajstić information content (AvgIpc) is 2.88. The Kier molecular flexibility index (Phi) is 5.40. The number of ether oxygens (including phenoxy) is 1. The maximum atomic E-state index is 12.3. The van der Waals surface area contributed by atoms with Gasteiger partial charge in [0.15, 0.2) is 5.96 Å². The monoisotopic (exact) mass is 356 g/mol. The first-order valence-electron chi connectivity index (χ1n) is 7.33. The van der Waals surface area contributed by atoms with E-state index in [4.69, 9.17) is 11.5 Å². The lowest BCUT2D eigenvalue weighted by Crippen LogP contribution is -2.32. The first-order valence-corrected chi connectivity index (χ1v) is 7.33. The van der Waals surface area contributed by atoms with Crippen molar-refractivity contribution >= 4 is 22.8 Å². The summed E-state index contributed by atoms with van der Waals surface area (Å²) in [5.41, 5.74) is 12.8. The number of guanidine groups is 2. The molecule has 0 bridgehead atoms. The Labute approximate surface area is 142 Å². The summed E-state index contributed by atoms with van der Waals surface area (Å²) in [4.78, 5) is 12.6. The molecule has 5 N–H and O–H groups in total. The molecule has 0 fully saturated rings. The number of aromatic nitrogens is 1. The largest absolute Gasteiger partial charge is 0.573 e. The lowest BCUT2D eigenvalue weighted by Gasteiger charge is -2.09. The molecule has 0 radical (unpaired) electrons. The van der Waals surface area contributed by atoms with E-state index < -0.39 is 6.36 Å². The Morgan fingerprint density at radius 1 is 1.28 bits per heavy atom. The van der Waals surface area contributed by atoms with E-state index in [9.17, 15) is 13.2 Å². The van der Waals surface area contributed by atoms with Crippen LogP contribution < -0.4 is 16.2 Å². The first-order chi connectivity index (χ1) is 11.7. The molecule has 0 aliphatic carbocycles. The number of fused-ring (bicyclic) bond motifs is 1. The third-order valence-electron chi connectivity index (χ3n) is 3.31. The third-order valence-corrected chi connectivity index (χ3v) is 3.31. The fraction of sp³-hybridized carbons (Fsp3) is 0.333. The highest BCUT2D eigenvalue weighted by Crippen LogP contribution is 2.28. The Morgan fingerprint density at radius 3 is 2.64 bits per heavy atom. The van der Waals surface area contributed by atoms with Gasteiger partial charge in [-0.15, -0.1) is 13.2 Å². The van der Waals surface area contributed by atoms with Crippen molar-refractivity contribution in [2.24, 2.45) is 21.5 Å². The van der Waals surface area contributed by atoms with Crippen LogP contribution in [0.15, 0.2) is 34.4 Å². The second-order valence-electron chi connectivity index (χ2n) is 5.42. The molecule has 0 saturated carbocycles. The van der Waals surface area contributed by atoms with Crippen LogP contribution in [0.4, 0.5) is 13.2 Å². The molecule has 136 valence electrons. The van der Waals surface area contributed by atoms with Crippen LogP contribution in [0.3, 0.4) is 0 Å². The smallest absolute Gasteiger partial charge is 0.406 e. The summed E-state index contributed by atoms with van der Waals surface area (Å²) in [6.07, 6.45) is -2.55. The predicted octanol–water partition coefficient (Wildman–Crippen LogP) is 1.80. The molecule has 0 amide bonds. The molecule has 0 saturated heterocycles. The van der Waals surface area contributed by atoms with Gasteiger partial charge in [0, 0.05) is 37.7 Å². The number of H-pyrrole nitrogens is 1. The normalized spacial score (nSPS) is 13.3. The number of hydrogen-bond donors (Lipinski definition) is 3. The summed E-state index contributed by atoms with van der Waals surface area (Å²) in [6.45, 7) is 0.313. The number of hydrogen-bond acceptors (Lipinski definition) is 2. The van der Waals surface area contributed by atoms with Crippen LogP contribution in [0.5, 0.6) is 5.75 Å². The van der Waals surface area contributed by atoms with Gasteiger partial charge < -0.3 is 26.1 Å². The van der Waals surface area contributed by atoms with E-state index in [1.54, 1.807) is 25.2 Å². The minimum absolute atomic E-state index is 0.0344. The first kappa shape index (κ1) is 18.4. The minimum atomic E-state index is -4.73. The summed E-state index contributed by atoms with van der Waals surface area (Å²) in [7, 11) is 3.44. The van der Waals surface area contributed by atoms with E-state index in [2.05, 4.69) is 19.7 Å². The Balaban J connectivity index is 2.11. The molecule has 25 heavy (non-hydrogen) atoms. The molecule has 7 nitrogen and oxygen atoms in total. The average molecular weight is 356 g/mol. The number of aliphatic imine (C=N–C) groups is 2.